The molecule has 0 unspecified atom stereocenters. The van der Waals surface area contributed by atoms with Crippen LogP contribution in [0.1, 0.15) is 0 Å². The number of aromatic nitrogens is 4. The van der Waals surface area contributed by atoms with Gasteiger partial charge in [-0.05, 0) is 95.1 Å². The van der Waals surface area contributed by atoms with E-state index in [9.17, 15) is 0 Å². The molecule has 4 nitrogen and oxygen atoms in total. The summed E-state index contributed by atoms with van der Waals surface area (Å²) in [7, 11) is 0. The van der Waals surface area contributed by atoms with E-state index in [1.54, 1.807) is 0 Å². The molecule has 0 saturated carbocycles. The summed E-state index contributed by atoms with van der Waals surface area (Å²) in [4.78, 5) is 5.26. The van der Waals surface area contributed by atoms with E-state index in [1.165, 1.54) is 49.2 Å². The molecule has 4 heteroatoms. The summed E-state index contributed by atoms with van der Waals surface area (Å²) in [5.41, 5.74) is 15.7. The second-order valence-electron chi connectivity index (χ2n) is 15.2. The van der Waals surface area contributed by atoms with Crippen molar-refractivity contribution < 1.29 is 0 Å². The van der Waals surface area contributed by atoms with Crippen LogP contribution in [0, 0.1) is 0 Å². The SMILES string of the molecule is c1ccc(-c2cccc(-c3nc4ccccc4n3-c3cccc(-c4cc(-n5c6ccccc6c6ccccc65)cc(-n5c6ccccc6c6ccccc65)c4)c3)c2)cc1. The third-order valence-electron chi connectivity index (χ3n) is 11.8. The first-order valence-corrected chi connectivity index (χ1v) is 20.1. The van der Waals surface area contributed by atoms with Gasteiger partial charge in [0.25, 0.3) is 0 Å². The van der Waals surface area contributed by atoms with Gasteiger partial charge in [-0.1, -0.05) is 146 Å². The Balaban J connectivity index is 1.10. The zero-order valence-electron chi connectivity index (χ0n) is 32.1. The molecule has 59 heavy (non-hydrogen) atoms. The maximum atomic E-state index is 5.26. The van der Waals surface area contributed by atoms with E-state index in [0.717, 1.165) is 56.2 Å². The molecule has 0 saturated heterocycles. The van der Waals surface area contributed by atoms with Crippen LogP contribution >= 0.6 is 0 Å². The first-order valence-electron chi connectivity index (χ1n) is 20.1. The van der Waals surface area contributed by atoms with Gasteiger partial charge in [0.1, 0.15) is 5.82 Å². The van der Waals surface area contributed by atoms with Gasteiger partial charge < -0.3 is 9.13 Å². The molecule has 0 amide bonds. The van der Waals surface area contributed by atoms with E-state index in [2.05, 4.69) is 232 Å². The normalized spacial score (nSPS) is 11.7. The van der Waals surface area contributed by atoms with Crippen molar-refractivity contribution in [1.29, 1.82) is 0 Å². The second-order valence-corrected chi connectivity index (χ2v) is 15.2. The van der Waals surface area contributed by atoms with Gasteiger partial charge in [0.2, 0.25) is 0 Å². The molecule has 276 valence electrons. The van der Waals surface area contributed by atoms with Gasteiger partial charge in [-0.3, -0.25) is 4.57 Å². The zero-order valence-corrected chi connectivity index (χ0v) is 32.1. The minimum Gasteiger partial charge on any atom is -0.309 e. The fourth-order valence-electron chi connectivity index (χ4n) is 9.20. The van der Waals surface area contributed by atoms with Gasteiger partial charge in [-0.25, -0.2) is 4.98 Å². The van der Waals surface area contributed by atoms with Crippen LogP contribution in [0.5, 0.6) is 0 Å². The van der Waals surface area contributed by atoms with E-state index in [1.807, 2.05) is 0 Å². The van der Waals surface area contributed by atoms with Gasteiger partial charge >= 0.3 is 0 Å². The molecule has 0 atom stereocenters. The van der Waals surface area contributed by atoms with E-state index >= 15 is 0 Å². The van der Waals surface area contributed by atoms with Crippen LogP contribution < -0.4 is 0 Å². The Morgan fingerprint density at radius 1 is 0.254 bits per heavy atom. The van der Waals surface area contributed by atoms with Gasteiger partial charge in [-0.15, -0.1) is 0 Å². The van der Waals surface area contributed by atoms with Crippen LogP contribution in [-0.4, -0.2) is 18.7 Å². The van der Waals surface area contributed by atoms with Crippen LogP contribution in [0.3, 0.4) is 0 Å². The smallest absolute Gasteiger partial charge is 0.145 e. The summed E-state index contributed by atoms with van der Waals surface area (Å²) >= 11 is 0. The number of benzene rings is 9. The van der Waals surface area contributed by atoms with Crippen molar-refractivity contribution in [2.45, 2.75) is 0 Å². The molecule has 12 rings (SSSR count). The quantitative estimate of drug-likeness (QED) is 0.166. The second kappa shape index (κ2) is 13.3. The minimum atomic E-state index is 0.908. The molecule has 0 aliphatic heterocycles. The van der Waals surface area contributed by atoms with Crippen molar-refractivity contribution in [2.75, 3.05) is 0 Å². The molecule has 3 aromatic heterocycles. The number of fused-ring (bicyclic) bond motifs is 7. The predicted octanol–water partition coefficient (Wildman–Crippen LogP) is 14.2. The Hall–Kier alpha value is -7.95. The highest BCUT2D eigenvalue weighted by molar-refractivity contribution is 6.10. The molecule has 0 spiro atoms. The molecule has 0 radical (unpaired) electrons. The van der Waals surface area contributed by atoms with Gasteiger partial charge in [0.15, 0.2) is 0 Å². The Morgan fingerprint density at radius 2 is 0.678 bits per heavy atom. The highest BCUT2D eigenvalue weighted by Crippen LogP contribution is 2.39. The molecule has 0 aliphatic rings. The summed E-state index contributed by atoms with van der Waals surface area (Å²) in [5, 5.41) is 4.96. The van der Waals surface area contributed by atoms with E-state index in [4.69, 9.17) is 4.98 Å². The molecular formula is C55H36N4. The van der Waals surface area contributed by atoms with E-state index in [-0.39, 0.29) is 0 Å². The van der Waals surface area contributed by atoms with Crippen LogP contribution in [0.25, 0.3) is 105 Å². The number of para-hydroxylation sites is 6. The Bertz CT molecular complexity index is 3330. The number of nitrogens with zero attached hydrogens (tertiary/aromatic N) is 4. The lowest BCUT2D eigenvalue weighted by molar-refractivity contribution is 1.10. The highest BCUT2D eigenvalue weighted by atomic mass is 15.1. The lowest BCUT2D eigenvalue weighted by atomic mass is 10.0. The van der Waals surface area contributed by atoms with Crippen LogP contribution in [0.4, 0.5) is 0 Å². The fraction of sp³-hybridized carbons (Fsp3) is 0. The zero-order chi connectivity index (χ0) is 38.9. The number of rotatable bonds is 6. The van der Waals surface area contributed by atoms with Gasteiger partial charge in [0.05, 0.1) is 33.1 Å². The summed E-state index contributed by atoms with van der Waals surface area (Å²) in [6, 6.07) is 78.7. The molecule has 0 bridgehead atoms. The van der Waals surface area contributed by atoms with Crippen LogP contribution in [-0.2, 0) is 0 Å². The maximum absolute atomic E-state index is 5.26. The number of hydrogen-bond donors (Lipinski definition) is 0. The minimum absolute atomic E-state index is 0.908. The fourth-order valence-corrected chi connectivity index (χ4v) is 9.20. The standard InChI is InChI=1S/C55H36N4/c1-2-16-37(17-3-1)38-18-14-20-40(32-38)55-56-49-26-8-13-31-54(49)59(55)42-21-15-19-39(33-42)41-34-43(57-50-27-9-4-22-45(50)46-23-5-10-28-51(46)57)36-44(35-41)58-52-29-11-6-24-47(52)48-25-7-12-30-53(48)58/h1-36H. The summed E-state index contributed by atoms with van der Waals surface area (Å²) in [5.74, 6) is 0.908. The molecule has 3 heterocycles. The molecule has 0 aliphatic carbocycles. The first-order chi connectivity index (χ1) is 29.3. The molecule has 12 aromatic rings. The Morgan fingerprint density at radius 3 is 1.25 bits per heavy atom. The Kier molecular flexibility index (Phi) is 7.50. The van der Waals surface area contributed by atoms with E-state index in [0.29, 0.717) is 0 Å². The lowest BCUT2D eigenvalue weighted by Gasteiger charge is -2.17. The van der Waals surface area contributed by atoms with Crippen molar-refractivity contribution in [3.8, 4) is 50.7 Å². The van der Waals surface area contributed by atoms with Crippen molar-refractivity contribution in [2.24, 2.45) is 0 Å². The van der Waals surface area contributed by atoms with Crippen molar-refractivity contribution in [3.05, 3.63) is 218 Å². The Labute approximate surface area is 341 Å². The van der Waals surface area contributed by atoms with Crippen molar-refractivity contribution in [3.63, 3.8) is 0 Å². The van der Waals surface area contributed by atoms with Crippen LogP contribution in [0.15, 0.2) is 218 Å². The number of hydrogen-bond acceptors (Lipinski definition) is 1. The van der Waals surface area contributed by atoms with Gasteiger partial charge in [0, 0.05) is 44.2 Å². The van der Waals surface area contributed by atoms with Crippen LogP contribution in [0.2, 0.25) is 0 Å². The third kappa shape index (κ3) is 5.34. The molecule has 0 N–H and O–H groups in total. The van der Waals surface area contributed by atoms with Crippen molar-refractivity contribution >= 4 is 54.6 Å². The monoisotopic (exact) mass is 752 g/mol. The topological polar surface area (TPSA) is 27.7 Å². The largest absolute Gasteiger partial charge is 0.309 e. The highest BCUT2D eigenvalue weighted by Gasteiger charge is 2.19. The summed E-state index contributed by atoms with van der Waals surface area (Å²) in [6.45, 7) is 0. The first kappa shape index (κ1) is 33.2. The summed E-state index contributed by atoms with van der Waals surface area (Å²) in [6.07, 6.45) is 0. The number of imidazole rings is 1. The molecule has 9 aromatic carbocycles. The molecular weight excluding hydrogens is 717 g/mol. The average molecular weight is 753 g/mol. The maximum Gasteiger partial charge on any atom is 0.145 e. The van der Waals surface area contributed by atoms with Crippen molar-refractivity contribution in [1.82, 2.24) is 18.7 Å². The lowest BCUT2D eigenvalue weighted by Crippen LogP contribution is -2.01. The van der Waals surface area contributed by atoms with Gasteiger partial charge in [-0.2, -0.15) is 0 Å². The van der Waals surface area contributed by atoms with E-state index < -0.39 is 0 Å². The third-order valence-corrected chi connectivity index (χ3v) is 11.8. The predicted molar refractivity (Wildman–Crippen MR) is 246 cm³/mol. The summed E-state index contributed by atoms with van der Waals surface area (Å²) < 4.78 is 7.17. The molecule has 0 fully saturated rings. The average Bonchev–Trinajstić information content (AvgIpc) is 3.98.